The number of rotatable bonds is 4. The molecule has 2 aromatic carbocycles. The molecule has 1 aromatic heterocycles. The van der Waals surface area contributed by atoms with E-state index in [0.717, 1.165) is 10.1 Å². The van der Waals surface area contributed by atoms with Gasteiger partial charge in [-0.25, -0.2) is 0 Å². The lowest BCUT2D eigenvalue weighted by atomic mass is 10.2. The lowest BCUT2D eigenvalue weighted by Gasteiger charge is -2.12. The van der Waals surface area contributed by atoms with E-state index in [1.165, 1.54) is 25.6 Å². The first-order valence-corrected chi connectivity index (χ1v) is 9.00. The number of amides is 1. The second-order valence-electron chi connectivity index (χ2n) is 5.03. The van der Waals surface area contributed by atoms with Crippen molar-refractivity contribution >= 4 is 67.8 Å². The Morgan fingerprint density at radius 1 is 1.04 bits per heavy atom. The highest BCUT2D eigenvalue weighted by atomic mass is 35.5. The van der Waals surface area contributed by atoms with Crippen LogP contribution >= 0.6 is 46.1 Å². The van der Waals surface area contributed by atoms with E-state index >= 15 is 0 Å². The maximum absolute atomic E-state index is 12.7. The summed E-state index contributed by atoms with van der Waals surface area (Å²) in [4.78, 5) is 13.1. The number of nitrogens with one attached hydrogen (secondary N) is 1. The molecule has 0 radical (unpaired) electrons. The predicted octanol–water partition coefficient (Wildman–Crippen LogP) is 6.13. The summed E-state index contributed by atoms with van der Waals surface area (Å²) in [6.45, 7) is 0. The van der Waals surface area contributed by atoms with Crippen LogP contribution in [0.5, 0.6) is 11.5 Å². The van der Waals surface area contributed by atoms with Gasteiger partial charge in [-0.1, -0.05) is 40.9 Å². The molecule has 0 saturated carbocycles. The smallest absolute Gasteiger partial charge is 0.267 e. The van der Waals surface area contributed by atoms with Gasteiger partial charge in [0.15, 0.2) is 0 Å². The Labute approximate surface area is 163 Å². The third-order valence-corrected chi connectivity index (χ3v) is 5.71. The number of methoxy groups -OCH3 is 2. The number of anilines is 1. The van der Waals surface area contributed by atoms with Crippen LogP contribution in [0, 0.1) is 0 Å². The minimum absolute atomic E-state index is 0.356. The van der Waals surface area contributed by atoms with E-state index < -0.39 is 0 Å². The second-order valence-corrected chi connectivity index (χ2v) is 7.30. The van der Waals surface area contributed by atoms with Crippen LogP contribution in [0.3, 0.4) is 0 Å². The minimum Gasteiger partial charge on any atom is -0.495 e. The Morgan fingerprint density at radius 2 is 1.76 bits per heavy atom. The maximum atomic E-state index is 12.7. The highest BCUT2D eigenvalue weighted by Crippen LogP contribution is 2.39. The van der Waals surface area contributed by atoms with Crippen LogP contribution < -0.4 is 14.8 Å². The molecule has 4 nitrogen and oxygen atoms in total. The molecular formula is C17H12Cl3NO3S. The maximum Gasteiger partial charge on any atom is 0.267 e. The van der Waals surface area contributed by atoms with E-state index in [1.807, 2.05) is 0 Å². The number of benzene rings is 2. The molecule has 0 saturated heterocycles. The summed E-state index contributed by atoms with van der Waals surface area (Å²) >= 11 is 19.7. The first-order chi connectivity index (χ1) is 11.9. The molecule has 0 aliphatic rings. The largest absolute Gasteiger partial charge is 0.495 e. The highest BCUT2D eigenvalue weighted by molar-refractivity contribution is 7.21. The van der Waals surface area contributed by atoms with Gasteiger partial charge in [-0.2, -0.15) is 0 Å². The Kier molecular flexibility index (Phi) is 5.29. The van der Waals surface area contributed by atoms with E-state index in [0.29, 0.717) is 37.1 Å². The number of carbonyl (C=O) groups excluding carboxylic acids is 1. The van der Waals surface area contributed by atoms with Gasteiger partial charge in [0.2, 0.25) is 0 Å². The zero-order chi connectivity index (χ0) is 18.1. The molecule has 130 valence electrons. The molecule has 0 bridgehead atoms. The van der Waals surface area contributed by atoms with Crippen molar-refractivity contribution in [3.8, 4) is 11.5 Å². The van der Waals surface area contributed by atoms with E-state index in [-0.39, 0.29) is 5.91 Å². The molecule has 3 rings (SSSR count). The van der Waals surface area contributed by atoms with Crippen molar-refractivity contribution in [3.63, 3.8) is 0 Å². The van der Waals surface area contributed by atoms with Crippen molar-refractivity contribution in [2.75, 3.05) is 19.5 Å². The first kappa shape index (κ1) is 18.1. The average molecular weight is 417 g/mol. The predicted molar refractivity (Wildman–Crippen MR) is 104 cm³/mol. The lowest BCUT2D eigenvalue weighted by Crippen LogP contribution is -2.11. The van der Waals surface area contributed by atoms with Crippen molar-refractivity contribution in [1.82, 2.24) is 0 Å². The van der Waals surface area contributed by atoms with Gasteiger partial charge in [0.05, 0.1) is 30.0 Å². The molecule has 1 N–H and O–H groups in total. The van der Waals surface area contributed by atoms with Crippen LogP contribution in [0.2, 0.25) is 15.1 Å². The number of halogens is 3. The molecule has 1 amide bonds. The van der Waals surface area contributed by atoms with Crippen LogP contribution in [-0.4, -0.2) is 20.1 Å². The van der Waals surface area contributed by atoms with Crippen molar-refractivity contribution in [1.29, 1.82) is 0 Å². The van der Waals surface area contributed by atoms with Gasteiger partial charge in [0, 0.05) is 27.2 Å². The molecule has 3 aromatic rings. The summed E-state index contributed by atoms with van der Waals surface area (Å²) in [6.07, 6.45) is 0. The minimum atomic E-state index is -0.356. The van der Waals surface area contributed by atoms with E-state index in [4.69, 9.17) is 44.3 Å². The Bertz CT molecular complexity index is 971. The van der Waals surface area contributed by atoms with Gasteiger partial charge in [-0.3, -0.25) is 4.79 Å². The Balaban J connectivity index is 1.99. The topological polar surface area (TPSA) is 47.6 Å². The lowest BCUT2D eigenvalue weighted by molar-refractivity contribution is 0.103. The van der Waals surface area contributed by atoms with Gasteiger partial charge in [0.1, 0.15) is 16.4 Å². The molecule has 8 heteroatoms. The number of fused-ring (bicyclic) bond motifs is 1. The first-order valence-electron chi connectivity index (χ1n) is 7.05. The molecule has 0 aliphatic carbocycles. The van der Waals surface area contributed by atoms with Crippen LogP contribution in [-0.2, 0) is 0 Å². The zero-order valence-electron chi connectivity index (χ0n) is 13.2. The normalized spacial score (nSPS) is 10.8. The number of ether oxygens (including phenoxy) is 2. The fourth-order valence-corrected chi connectivity index (χ4v) is 4.24. The van der Waals surface area contributed by atoms with Gasteiger partial charge in [-0.05, 0) is 12.1 Å². The summed E-state index contributed by atoms with van der Waals surface area (Å²) < 4.78 is 11.3. The van der Waals surface area contributed by atoms with Crippen LogP contribution in [0.15, 0.2) is 30.3 Å². The molecule has 1 heterocycles. The monoisotopic (exact) mass is 415 g/mol. The molecule has 0 aliphatic heterocycles. The molecular weight excluding hydrogens is 405 g/mol. The Hall–Kier alpha value is -1.66. The number of carbonyl (C=O) groups is 1. The molecule has 0 atom stereocenters. The molecule has 0 fully saturated rings. The summed E-state index contributed by atoms with van der Waals surface area (Å²) in [5.41, 5.74) is 0.431. The van der Waals surface area contributed by atoms with Crippen molar-refractivity contribution < 1.29 is 14.3 Å². The third kappa shape index (κ3) is 3.51. The summed E-state index contributed by atoms with van der Waals surface area (Å²) in [5, 5.41) is 4.92. The van der Waals surface area contributed by atoms with E-state index in [1.54, 1.807) is 30.3 Å². The number of hydrogen-bond donors (Lipinski definition) is 1. The summed E-state index contributed by atoms with van der Waals surface area (Å²) in [6, 6.07) is 8.46. The SMILES string of the molecule is COc1cc(NC(=O)c2sc3cc(Cl)ccc3c2Cl)c(OC)cc1Cl. The van der Waals surface area contributed by atoms with E-state index in [2.05, 4.69) is 5.32 Å². The van der Waals surface area contributed by atoms with Gasteiger partial charge < -0.3 is 14.8 Å². The van der Waals surface area contributed by atoms with Crippen molar-refractivity contribution in [3.05, 3.63) is 50.3 Å². The second kappa shape index (κ2) is 7.30. The number of hydrogen-bond acceptors (Lipinski definition) is 4. The molecule has 0 spiro atoms. The van der Waals surface area contributed by atoms with Gasteiger partial charge in [-0.15, -0.1) is 11.3 Å². The van der Waals surface area contributed by atoms with Crippen molar-refractivity contribution in [2.45, 2.75) is 0 Å². The standard InChI is InChI=1S/C17H12Cl3NO3S/c1-23-12-7-11(13(24-2)6-10(12)19)21-17(22)16-15(20)9-4-3-8(18)5-14(9)25-16/h3-7H,1-2H3,(H,21,22). The zero-order valence-corrected chi connectivity index (χ0v) is 16.2. The fourth-order valence-electron chi connectivity index (χ4n) is 2.32. The van der Waals surface area contributed by atoms with Gasteiger partial charge >= 0.3 is 0 Å². The quantitative estimate of drug-likeness (QED) is 0.556. The number of thiophene rings is 1. The van der Waals surface area contributed by atoms with Gasteiger partial charge in [0.25, 0.3) is 5.91 Å². The Morgan fingerprint density at radius 3 is 2.44 bits per heavy atom. The van der Waals surface area contributed by atoms with Crippen molar-refractivity contribution in [2.24, 2.45) is 0 Å². The highest BCUT2D eigenvalue weighted by Gasteiger charge is 2.20. The fraction of sp³-hybridized carbons (Fsp3) is 0.118. The van der Waals surface area contributed by atoms with Crippen LogP contribution in [0.1, 0.15) is 9.67 Å². The van der Waals surface area contributed by atoms with Crippen LogP contribution in [0.4, 0.5) is 5.69 Å². The average Bonchev–Trinajstić information content (AvgIpc) is 2.92. The van der Waals surface area contributed by atoms with E-state index in [9.17, 15) is 4.79 Å². The van der Waals surface area contributed by atoms with Crippen LogP contribution in [0.25, 0.3) is 10.1 Å². The molecule has 25 heavy (non-hydrogen) atoms. The summed E-state index contributed by atoms with van der Waals surface area (Å²) in [5.74, 6) is 0.483. The molecule has 0 unspecified atom stereocenters. The third-order valence-electron chi connectivity index (χ3n) is 3.52. The summed E-state index contributed by atoms with van der Waals surface area (Å²) in [7, 11) is 2.98.